The molecule has 0 fully saturated rings. The fourth-order valence-electron chi connectivity index (χ4n) is 2.91. The van der Waals surface area contributed by atoms with Crippen molar-refractivity contribution < 1.29 is 4.79 Å². The quantitative estimate of drug-likeness (QED) is 0.869. The number of para-hydroxylation sites is 1. The van der Waals surface area contributed by atoms with Crippen LogP contribution in [0.2, 0.25) is 0 Å². The van der Waals surface area contributed by atoms with Gasteiger partial charge in [0.1, 0.15) is 0 Å². The van der Waals surface area contributed by atoms with Crippen molar-refractivity contribution in [3.05, 3.63) is 29.8 Å². The molecule has 1 aromatic rings. The zero-order chi connectivity index (χ0) is 15.2. The van der Waals surface area contributed by atoms with Crippen molar-refractivity contribution in [3.8, 4) is 0 Å². The number of hydrogen-bond acceptors (Lipinski definition) is 3. The zero-order valence-corrected chi connectivity index (χ0v) is 13.4. The summed E-state index contributed by atoms with van der Waals surface area (Å²) in [6.07, 6.45) is 2.89. The van der Waals surface area contributed by atoms with Gasteiger partial charge in [-0.2, -0.15) is 0 Å². The van der Waals surface area contributed by atoms with E-state index in [0.717, 1.165) is 26.1 Å². The van der Waals surface area contributed by atoms with Crippen LogP contribution in [0.4, 0.5) is 5.69 Å². The number of amides is 1. The lowest BCUT2D eigenvalue weighted by molar-refractivity contribution is -0.129. The van der Waals surface area contributed by atoms with Gasteiger partial charge in [0.25, 0.3) is 0 Å². The maximum absolute atomic E-state index is 12.2. The number of rotatable bonds is 6. The monoisotopic (exact) mass is 289 g/mol. The molecule has 1 aliphatic rings. The lowest BCUT2D eigenvalue weighted by Gasteiger charge is -2.37. The van der Waals surface area contributed by atoms with Gasteiger partial charge >= 0.3 is 0 Å². The molecule has 2 rings (SSSR count). The molecule has 0 spiro atoms. The first kappa shape index (κ1) is 15.8. The van der Waals surface area contributed by atoms with Gasteiger partial charge in [-0.1, -0.05) is 18.2 Å². The number of fused-ring (bicyclic) bond motifs is 1. The summed E-state index contributed by atoms with van der Waals surface area (Å²) in [5.74, 6) is 0.223. The Balaban J connectivity index is 1.95. The summed E-state index contributed by atoms with van der Waals surface area (Å²) in [7, 11) is 3.79. The van der Waals surface area contributed by atoms with Gasteiger partial charge in [-0.05, 0) is 38.4 Å². The van der Waals surface area contributed by atoms with E-state index in [1.54, 1.807) is 0 Å². The first-order valence-electron chi connectivity index (χ1n) is 7.86. The van der Waals surface area contributed by atoms with Gasteiger partial charge in [-0.3, -0.25) is 4.79 Å². The SMILES string of the molecule is CNCCN(C)C(=O)CCN1c2ccccc2CCC1C. The normalized spacial score (nSPS) is 17.5. The summed E-state index contributed by atoms with van der Waals surface area (Å²) >= 11 is 0. The minimum Gasteiger partial charge on any atom is -0.368 e. The standard InChI is InChI=1S/C17H27N3O/c1-14-8-9-15-6-4-5-7-16(15)20(14)12-10-17(21)19(3)13-11-18-2/h4-7,14,18H,8-13H2,1-3H3. The van der Waals surface area contributed by atoms with Crippen LogP contribution in [0.3, 0.4) is 0 Å². The molecule has 116 valence electrons. The van der Waals surface area contributed by atoms with E-state index in [-0.39, 0.29) is 5.91 Å². The summed E-state index contributed by atoms with van der Waals surface area (Å²) in [4.78, 5) is 16.4. The summed E-state index contributed by atoms with van der Waals surface area (Å²) in [5, 5.41) is 3.07. The average molecular weight is 289 g/mol. The highest BCUT2D eigenvalue weighted by Gasteiger charge is 2.23. The first-order chi connectivity index (χ1) is 10.1. The molecular weight excluding hydrogens is 262 g/mol. The summed E-state index contributed by atoms with van der Waals surface area (Å²) in [5.41, 5.74) is 2.72. The minimum atomic E-state index is 0.223. The Bertz CT molecular complexity index is 475. The van der Waals surface area contributed by atoms with Crippen LogP contribution in [0.15, 0.2) is 24.3 Å². The van der Waals surface area contributed by atoms with Crippen molar-refractivity contribution in [1.29, 1.82) is 0 Å². The summed E-state index contributed by atoms with van der Waals surface area (Å²) in [6, 6.07) is 9.08. The van der Waals surface area contributed by atoms with E-state index in [4.69, 9.17) is 0 Å². The van der Waals surface area contributed by atoms with Gasteiger partial charge in [-0.15, -0.1) is 0 Å². The highest BCUT2D eigenvalue weighted by atomic mass is 16.2. The number of aryl methyl sites for hydroxylation is 1. The van der Waals surface area contributed by atoms with Crippen LogP contribution >= 0.6 is 0 Å². The fourth-order valence-corrected chi connectivity index (χ4v) is 2.91. The fraction of sp³-hybridized carbons (Fsp3) is 0.588. The number of carbonyl (C=O) groups is 1. The molecule has 1 N–H and O–H groups in total. The van der Waals surface area contributed by atoms with Crippen LogP contribution in [0.5, 0.6) is 0 Å². The van der Waals surface area contributed by atoms with Gasteiger partial charge in [0.05, 0.1) is 0 Å². The zero-order valence-electron chi connectivity index (χ0n) is 13.4. The minimum absolute atomic E-state index is 0.223. The van der Waals surface area contributed by atoms with Crippen molar-refractivity contribution in [2.75, 3.05) is 38.6 Å². The van der Waals surface area contributed by atoms with Crippen molar-refractivity contribution in [2.45, 2.75) is 32.2 Å². The van der Waals surface area contributed by atoms with Crippen molar-refractivity contribution in [3.63, 3.8) is 0 Å². The Morgan fingerprint density at radius 1 is 1.43 bits per heavy atom. The van der Waals surface area contributed by atoms with Crippen molar-refractivity contribution in [1.82, 2.24) is 10.2 Å². The molecule has 1 heterocycles. The average Bonchev–Trinajstić information content (AvgIpc) is 2.51. The Labute approximate surface area is 128 Å². The molecule has 1 aromatic carbocycles. The molecule has 1 unspecified atom stereocenters. The Kier molecular flexibility index (Phi) is 5.62. The molecule has 0 bridgehead atoms. The van der Waals surface area contributed by atoms with Crippen molar-refractivity contribution >= 4 is 11.6 Å². The number of likely N-dealkylation sites (N-methyl/N-ethyl adjacent to an activating group) is 2. The number of hydrogen-bond donors (Lipinski definition) is 1. The van der Waals surface area contributed by atoms with Crippen LogP contribution in [0.25, 0.3) is 0 Å². The molecule has 1 aliphatic heterocycles. The molecule has 0 radical (unpaired) electrons. The Morgan fingerprint density at radius 2 is 2.19 bits per heavy atom. The van der Waals surface area contributed by atoms with Gasteiger partial charge < -0.3 is 15.1 Å². The Hall–Kier alpha value is -1.55. The largest absolute Gasteiger partial charge is 0.368 e. The predicted octanol–water partition coefficient (Wildman–Crippen LogP) is 1.90. The van der Waals surface area contributed by atoms with E-state index in [1.165, 1.54) is 17.7 Å². The van der Waals surface area contributed by atoms with Gasteiger partial charge in [-0.25, -0.2) is 0 Å². The third kappa shape index (κ3) is 3.97. The number of anilines is 1. The molecule has 1 atom stereocenters. The summed E-state index contributed by atoms with van der Waals surface area (Å²) < 4.78 is 0. The van der Waals surface area contributed by atoms with E-state index < -0.39 is 0 Å². The van der Waals surface area contributed by atoms with Gasteiger partial charge in [0.15, 0.2) is 0 Å². The molecule has 0 saturated heterocycles. The molecule has 21 heavy (non-hydrogen) atoms. The van der Waals surface area contributed by atoms with E-state index >= 15 is 0 Å². The Morgan fingerprint density at radius 3 is 2.95 bits per heavy atom. The van der Waals surface area contributed by atoms with Crippen LogP contribution in [0, 0.1) is 0 Å². The molecule has 0 aliphatic carbocycles. The molecule has 0 saturated carbocycles. The third-order valence-corrected chi connectivity index (χ3v) is 4.35. The second kappa shape index (κ2) is 7.46. The van der Waals surface area contributed by atoms with Gasteiger partial charge in [0, 0.05) is 44.8 Å². The molecule has 4 heteroatoms. The number of carbonyl (C=O) groups excluding carboxylic acids is 1. The topological polar surface area (TPSA) is 35.6 Å². The van der Waals surface area contributed by atoms with Crippen LogP contribution < -0.4 is 10.2 Å². The van der Waals surface area contributed by atoms with Gasteiger partial charge in [0.2, 0.25) is 5.91 Å². The maximum atomic E-state index is 12.2. The molecular formula is C17H27N3O. The van der Waals surface area contributed by atoms with Crippen LogP contribution in [0.1, 0.15) is 25.3 Å². The molecule has 0 aromatic heterocycles. The van der Waals surface area contributed by atoms with E-state index in [2.05, 4.69) is 41.4 Å². The number of benzene rings is 1. The van der Waals surface area contributed by atoms with Crippen molar-refractivity contribution in [2.24, 2.45) is 0 Å². The predicted molar refractivity (Wildman–Crippen MR) is 87.8 cm³/mol. The molecule has 1 amide bonds. The highest BCUT2D eigenvalue weighted by molar-refractivity contribution is 5.76. The first-order valence-corrected chi connectivity index (χ1v) is 7.86. The number of nitrogens with one attached hydrogen (secondary N) is 1. The van der Waals surface area contributed by atoms with Crippen LogP contribution in [-0.4, -0.2) is 50.6 Å². The lowest BCUT2D eigenvalue weighted by Crippen LogP contribution is -2.41. The lowest BCUT2D eigenvalue weighted by atomic mass is 9.96. The molecule has 4 nitrogen and oxygen atoms in total. The van der Waals surface area contributed by atoms with E-state index in [0.29, 0.717) is 12.5 Å². The maximum Gasteiger partial charge on any atom is 0.224 e. The van der Waals surface area contributed by atoms with E-state index in [1.807, 2.05) is 19.0 Å². The second-order valence-corrected chi connectivity index (χ2v) is 5.88. The van der Waals surface area contributed by atoms with E-state index in [9.17, 15) is 4.79 Å². The number of nitrogens with zero attached hydrogens (tertiary/aromatic N) is 2. The summed E-state index contributed by atoms with van der Waals surface area (Å²) in [6.45, 7) is 4.67. The van der Waals surface area contributed by atoms with Crippen LogP contribution in [-0.2, 0) is 11.2 Å². The third-order valence-electron chi connectivity index (χ3n) is 4.35. The highest BCUT2D eigenvalue weighted by Crippen LogP contribution is 2.30. The smallest absolute Gasteiger partial charge is 0.224 e. The second-order valence-electron chi connectivity index (χ2n) is 5.88.